The van der Waals surface area contributed by atoms with Gasteiger partial charge in [-0.25, -0.2) is 0 Å². The average Bonchev–Trinajstić information content (AvgIpc) is 2.73. The van der Waals surface area contributed by atoms with Gasteiger partial charge in [0, 0.05) is 12.3 Å². The highest BCUT2D eigenvalue weighted by molar-refractivity contribution is 5.98. The first-order valence-corrected chi connectivity index (χ1v) is 5.77. The van der Waals surface area contributed by atoms with Gasteiger partial charge in [-0.1, -0.05) is 12.1 Å². The Balaban J connectivity index is 2.16. The van der Waals surface area contributed by atoms with Gasteiger partial charge in [0.1, 0.15) is 5.54 Å². The van der Waals surface area contributed by atoms with Crippen molar-refractivity contribution < 1.29 is 9.53 Å². The number of hydrogen-bond donors (Lipinski definition) is 2. The molecule has 1 atom stereocenters. The minimum absolute atomic E-state index is 0.163. The fraction of sp³-hybridized carbons (Fsp3) is 0.462. The van der Waals surface area contributed by atoms with Crippen LogP contribution < -0.4 is 11.1 Å². The Morgan fingerprint density at radius 2 is 2.24 bits per heavy atom. The minimum atomic E-state index is -0.879. The molecule has 0 bridgehead atoms. The van der Waals surface area contributed by atoms with Gasteiger partial charge in [0.2, 0.25) is 5.91 Å². The van der Waals surface area contributed by atoms with E-state index in [-0.39, 0.29) is 5.91 Å². The van der Waals surface area contributed by atoms with E-state index < -0.39 is 5.54 Å². The van der Waals surface area contributed by atoms with Crippen LogP contribution in [-0.2, 0) is 9.53 Å². The molecule has 0 aromatic heterocycles. The van der Waals surface area contributed by atoms with Gasteiger partial charge in [0.25, 0.3) is 0 Å². The summed E-state index contributed by atoms with van der Waals surface area (Å²) in [6.45, 7) is 4.85. The van der Waals surface area contributed by atoms with Crippen molar-refractivity contribution in [1.82, 2.24) is 0 Å². The van der Waals surface area contributed by atoms with Crippen LogP contribution in [0.15, 0.2) is 18.2 Å². The van der Waals surface area contributed by atoms with E-state index in [2.05, 4.69) is 5.32 Å². The summed E-state index contributed by atoms with van der Waals surface area (Å²) in [5.41, 5.74) is 8.17. The van der Waals surface area contributed by atoms with Gasteiger partial charge in [-0.15, -0.1) is 0 Å². The normalized spacial score (nSPS) is 23.7. The molecule has 1 aliphatic heterocycles. The van der Waals surface area contributed by atoms with Gasteiger partial charge in [0.15, 0.2) is 0 Å². The predicted molar refractivity (Wildman–Crippen MR) is 66.9 cm³/mol. The summed E-state index contributed by atoms with van der Waals surface area (Å²) in [5.74, 6) is -0.163. The molecule has 92 valence electrons. The number of hydrogen-bond acceptors (Lipinski definition) is 3. The first kappa shape index (κ1) is 12.1. The van der Waals surface area contributed by atoms with E-state index in [1.54, 1.807) is 0 Å². The molecule has 1 fully saturated rings. The molecule has 2 rings (SSSR count). The van der Waals surface area contributed by atoms with E-state index in [9.17, 15) is 4.79 Å². The van der Waals surface area contributed by atoms with E-state index in [4.69, 9.17) is 10.5 Å². The molecule has 0 aliphatic carbocycles. The first-order chi connectivity index (χ1) is 8.03. The molecular formula is C13H18N2O2. The summed E-state index contributed by atoms with van der Waals surface area (Å²) < 4.78 is 5.19. The van der Waals surface area contributed by atoms with Gasteiger partial charge in [-0.3, -0.25) is 4.79 Å². The van der Waals surface area contributed by atoms with Gasteiger partial charge in [-0.2, -0.15) is 0 Å². The Labute approximate surface area is 101 Å². The number of carbonyl (C=O) groups excluding carboxylic acids is 1. The van der Waals surface area contributed by atoms with E-state index in [0.717, 1.165) is 16.8 Å². The molecule has 0 saturated carbocycles. The molecule has 4 nitrogen and oxygen atoms in total. The van der Waals surface area contributed by atoms with E-state index in [1.165, 1.54) is 0 Å². The lowest BCUT2D eigenvalue weighted by molar-refractivity contribution is -0.121. The maximum atomic E-state index is 12.1. The zero-order valence-corrected chi connectivity index (χ0v) is 10.2. The number of ether oxygens (including phenoxy) is 1. The maximum absolute atomic E-state index is 12.1. The molecule has 1 saturated heterocycles. The third kappa shape index (κ3) is 2.33. The van der Waals surface area contributed by atoms with Crippen LogP contribution in [0.4, 0.5) is 5.69 Å². The number of anilines is 1. The van der Waals surface area contributed by atoms with Gasteiger partial charge >= 0.3 is 0 Å². The lowest BCUT2D eigenvalue weighted by Gasteiger charge is -2.21. The number of nitrogens with two attached hydrogens (primary N) is 1. The Hall–Kier alpha value is -1.39. The second-order valence-electron chi connectivity index (χ2n) is 4.66. The lowest BCUT2D eigenvalue weighted by atomic mass is 9.98. The lowest BCUT2D eigenvalue weighted by Crippen LogP contribution is -2.51. The van der Waals surface area contributed by atoms with Crippen molar-refractivity contribution in [3.63, 3.8) is 0 Å². The topological polar surface area (TPSA) is 64.4 Å². The smallest absolute Gasteiger partial charge is 0.246 e. The summed E-state index contributed by atoms with van der Waals surface area (Å²) in [6.07, 6.45) is 0.573. The molecular weight excluding hydrogens is 216 g/mol. The summed E-state index contributed by atoms with van der Waals surface area (Å²) in [5, 5.41) is 2.89. The van der Waals surface area contributed by atoms with Gasteiger partial charge < -0.3 is 15.8 Å². The second-order valence-corrected chi connectivity index (χ2v) is 4.66. The van der Waals surface area contributed by atoms with Crippen molar-refractivity contribution in [2.75, 3.05) is 18.5 Å². The second kappa shape index (κ2) is 4.47. The molecule has 1 aliphatic rings. The SMILES string of the molecule is Cc1cccc(NC(=O)C2(N)CCOC2)c1C. The Morgan fingerprint density at radius 3 is 2.88 bits per heavy atom. The van der Waals surface area contributed by atoms with Crippen molar-refractivity contribution in [3.8, 4) is 0 Å². The quantitative estimate of drug-likeness (QED) is 0.812. The number of amides is 1. The summed E-state index contributed by atoms with van der Waals surface area (Å²) in [7, 11) is 0. The summed E-state index contributed by atoms with van der Waals surface area (Å²) >= 11 is 0. The van der Waals surface area contributed by atoms with E-state index in [1.807, 2.05) is 32.0 Å². The van der Waals surface area contributed by atoms with Crippen LogP contribution in [0.5, 0.6) is 0 Å². The monoisotopic (exact) mass is 234 g/mol. The minimum Gasteiger partial charge on any atom is -0.379 e. The highest BCUT2D eigenvalue weighted by atomic mass is 16.5. The Bertz CT molecular complexity index is 437. The molecule has 1 unspecified atom stereocenters. The van der Waals surface area contributed by atoms with Crippen molar-refractivity contribution in [2.24, 2.45) is 5.73 Å². The van der Waals surface area contributed by atoms with Crippen LogP contribution in [0, 0.1) is 13.8 Å². The number of rotatable bonds is 2. The number of aryl methyl sites for hydroxylation is 1. The zero-order valence-electron chi connectivity index (χ0n) is 10.2. The molecule has 1 heterocycles. The summed E-state index contributed by atoms with van der Waals surface area (Å²) in [4.78, 5) is 12.1. The fourth-order valence-electron chi connectivity index (χ4n) is 1.89. The Kier molecular flexibility index (Phi) is 3.17. The van der Waals surface area contributed by atoms with Crippen molar-refractivity contribution in [3.05, 3.63) is 29.3 Å². The van der Waals surface area contributed by atoms with Crippen LogP contribution >= 0.6 is 0 Å². The standard InChI is InChI=1S/C13H18N2O2/c1-9-4-3-5-11(10(9)2)15-12(16)13(14)6-7-17-8-13/h3-5H,6-8,14H2,1-2H3,(H,15,16). The molecule has 0 spiro atoms. The van der Waals surface area contributed by atoms with Crippen LogP contribution in [-0.4, -0.2) is 24.7 Å². The van der Waals surface area contributed by atoms with Gasteiger partial charge in [-0.05, 0) is 37.5 Å². The van der Waals surface area contributed by atoms with Crippen molar-refractivity contribution >= 4 is 11.6 Å². The number of benzene rings is 1. The van der Waals surface area contributed by atoms with Crippen LogP contribution in [0.25, 0.3) is 0 Å². The van der Waals surface area contributed by atoms with Crippen molar-refractivity contribution in [1.29, 1.82) is 0 Å². The van der Waals surface area contributed by atoms with Crippen molar-refractivity contribution in [2.45, 2.75) is 25.8 Å². The molecule has 0 radical (unpaired) electrons. The first-order valence-electron chi connectivity index (χ1n) is 5.77. The highest BCUT2D eigenvalue weighted by Gasteiger charge is 2.38. The molecule has 3 N–H and O–H groups in total. The average molecular weight is 234 g/mol. The third-order valence-corrected chi connectivity index (χ3v) is 3.36. The van der Waals surface area contributed by atoms with Crippen LogP contribution in [0.2, 0.25) is 0 Å². The van der Waals surface area contributed by atoms with E-state index >= 15 is 0 Å². The third-order valence-electron chi connectivity index (χ3n) is 3.36. The maximum Gasteiger partial charge on any atom is 0.246 e. The fourth-order valence-corrected chi connectivity index (χ4v) is 1.89. The Morgan fingerprint density at radius 1 is 1.47 bits per heavy atom. The molecule has 1 aromatic rings. The van der Waals surface area contributed by atoms with E-state index in [0.29, 0.717) is 19.6 Å². The molecule has 1 aromatic carbocycles. The van der Waals surface area contributed by atoms with Crippen LogP contribution in [0.1, 0.15) is 17.5 Å². The molecule has 17 heavy (non-hydrogen) atoms. The molecule has 4 heteroatoms. The predicted octanol–water partition coefficient (Wildman–Crippen LogP) is 1.36. The van der Waals surface area contributed by atoms with Gasteiger partial charge in [0.05, 0.1) is 6.61 Å². The summed E-state index contributed by atoms with van der Waals surface area (Å²) in [6, 6.07) is 5.83. The van der Waals surface area contributed by atoms with Crippen LogP contribution in [0.3, 0.4) is 0 Å². The highest BCUT2D eigenvalue weighted by Crippen LogP contribution is 2.22. The largest absolute Gasteiger partial charge is 0.379 e. The molecule has 1 amide bonds. The zero-order chi connectivity index (χ0) is 12.5. The number of nitrogens with one attached hydrogen (secondary N) is 1. The number of carbonyl (C=O) groups is 1.